The number of thiophene rings is 1. The Hall–Kier alpha value is -2.38. The van der Waals surface area contributed by atoms with Crippen molar-refractivity contribution < 1.29 is 24.2 Å². The molecular weight excluding hydrogens is 414 g/mol. The van der Waals surface area contributed by atoms with E-state index >= 15 is 0 Å². The molecule has 3 rings (SSSR count). The summed E-state index contributed by atoms with van der Waals surface area (Å²) in [6, 6.07) is 7.03. The van der Waals surface area contributed by atoms with E-state index in [0.29, 0.717) is 28.4 Å². The Kier molecular flexibility index (Phi) is 6.92. The second kappa shape index (κ2) is 9.41. The van der Waals surface area contributed by atoms with Gasteiger partial charge < -0.3 is 15.2 Å². The fraction of sp³-hybridized carbons (Fsp3) is 0.381. The smallest absolute Gasteiger partial charge is 0.341 e. The van der Waals surface area contributed by atoms with Crippen molar-refractivity contribution in [1.29, 1.82) is 0 Å². The molecule has 0 radical (unpaired) electrons. The Morgan fingerprint density at radius 1 is 1.17 bits per heavy atom. The fourth-order valence-corrected chi connectivity index (χ4v) is 4.73. The first-order valence-corrected chi connectivity index (χ1v) is 10.8. The van der Waals surface area contributed by atoms with Crippen LogP contribution >= 0.6 is 22.9 Å². The van der Waals surface area contributed by atoms with Crippen LogP contribution in [0, 0.1) is 11.8 Å². The van der Waals surface area contributed by atoms with Crippen LogP contribution in [0.25, 0.3) is 11.1 Å². The van der Waals surface area contributed by atoms with E-state index in [1.54, 1.807) is 36.6 Å². The number of anilines is 1. The van der Waals surface area contributed by atoms with E-state index in [1.165, 1.54) is 11.3 Å². The number of aliphatic carboxylic acids is 1. The highest BCUT2D eigenvalue weighted by Gasteiger charge is 2.36. The van der Waals surface area contributed by atoms with Crippen molar-refractivity contribution >= 4 is 45.8 Å². The van der Waals surface area contributed by atoms with Crippen molar-refractivity contribution in [2.24, 2.45) is 11.8 Å². The van der Waals surface area contributed by atoms with E-state index in [9.17, 15) is 19.5 Å². The van der Waals surface area contributed by atoms with Gasteiger partial charge >= 0.3 is 11.9 Å². The first-order valence-electron chi connectivity index (χ1n) is 9.50. The standard InChI is InChI=1S/C21H22ClNO5S/c1-2-28-21(27)17-16(12-7-9-13(22)10-8-12)11-29-19(17)23-18(24)14-5-3-4-6-15(14)20(25)26/h7-11,14-15H,2-6H2,1H3,(H,23,24)(H,25,26)/t14-,15+/m1/s1. The molecule has 29 heavy (non-hydrogen) atoms. The van der Waals surface area contributed by atoms with Gasteiger partial charge in [-0.3, -0.25) is 9.59 Å². The van der Waals surface area contributed by atoms with Crippen LogP contribution in [-0.2, 0) is 14.3 Å². The van der Waals surface area contributed by atoms with Crippen molar-refractivity contribution in [2.45, 2.75) is 32.6 Å². The maximum absolute atomic E-state index is 12.9. The minimum absolute atomic E-state index is 0.200. The van der Waals surface area contributed by atoms with Gasteiger partial charge in [0.25, 0.3) is 0 Å². The average Bonchev–Trinajstić information content (AvgIpc) is 3.12. The van der Waals surface area contributed by atoms with Crippen LogP contribution in [0.5, 0.6) is 0 Å². The molecular formula is C21H22ClNO5S. The topological polar surface area (TPSA) is 92.7 Å². The Bertz CT molecular complexity index is 908. The first kappa shape index (κ1) is 21.3. The van der Waals surface area contributed by atoms with Crippen LogP contribution in [-0.4, -0.2) is 29.6 Å². The zero-order valence-electron chi connectivity index (χ0n) is 15.9. The molecule has 2 atom stereocenters. The van der Waals surface area contributed by atoms with E-state index in [0.717, 1.165) is 18.4 Å². The largest absolute Gasteiger partial charge is 0.481 e. The summed E-state index contributed by atoms with van der Waals surface area (Å²) < 4.78 is 5.20. The lowest BCUT2D eigenvalue weighted by Crippen LogP contribution is -2.36. The number of esters is 1. The van der Waals surface area contributed by atoms with Gasteiger partial charge in [-0.05, 0) is 37.5 Å². The number of carbonyl (C=O) groups excluding carboxylic acids is 2. The van der Waals surface area contributed by atoms with Gasteiger partial charge in [-0.1, -0.05) is 36.6 Å². The number of nitrogens with one attached hydrogen (secondary N) is 1. The highest BCUT2D eigenvalue weighted by atomic mass is 35.5. The SMILES string of the molecule is CCOC(=O)c1c(-c2ccc(Cl)cc2)csc1NC(=O)[C@@H]1CCCC[C@@H]1C(=O)O. The summed E-state index contributed by atoms with van der Waals surface area (Å²) in [5.41, 5.74) is 1.68. The number of carboxylic acid groups (broad SMARTS) is 1. The maximum Gasteiger partial charge on any atom is 0.341 e. The summed E-state index contributed by atoms with van der Waals surface area (Å²) in [5.74, 6) is -3.18. The molecule has 1 saturated carbocycles. The molecule has 154 valence electrons. The molecule has 1 aliphatic carbocycles. The molecule has 1 aliphatic rings. The van der Waals surface area contributed by atoms with Crippen LogP contribution in [0.2, 0.25) is 5.02 Å². The van der Waals surface area contributed by atoms with Gasteiger partial charge in [-0.2, -0.15) is 0 Å². The highest BCUT2D eigenvalue weighted by molar-refractivity contribution is 7.15. The molecule has 1 aromatic carbocycles. The number of rotatable bonds is 6. The van der Waals surface area contributed by atoms with Gasteiger partial charge in [0.1, 0.15) is 10.6 Å². The van der Waals surface area contributed by atoms with Crippen molar-refractivity contribution in [3.8, 4) is 11.1 Å². The number of amides is 1. The van der Waals surface area contributed by atoms with Crippen molar-refractivity contribution in [1.82, 2.24) is 0 Å². The molecule has 1 heterocycles. The quantitative estimate of drug-likeness (QED) is 0.617. The van der Waals surface area contributed by atoms with Crippen molar-refractivity contribution in [3.63, 3.8) is 0 Å². The van der Waals surface area contributed by atoms with Crippen LogP contribution < -0.4 is 5.32 Å². The number of benzene rings is 1. The molecule has 1 aromatic heterocycles. The number of carbonyl (C=O) groups is 3. The molecule has 1 amide bonds. The van der Waals surface area contributed by atoms with Crippen LogP contribution in [0.4, 0.5) is 5.00 Å². The molecule has 1 fully saturated rings. The van der Waals surface area contributed by atoms with Gasteiger partial charge in [-0.15, -0.1) is 11.3 Å². The summed E-state index contributed by atoms with van der Waals surface area (Å²) >= 11 is 7.17. The molecule has 2 aromatic rings. The normalized spacial score (nSPS) is 18.8. The predicted molar refractivity (Wildman–Crippen MR) is 112 cm³/mol. The molecule has 8 heteroatoms. The fourth-order valence-electron chi connectivity index (χ4n) is 3.64. The molecule has 0 unspecified atom stereocenters. The number of ether oxygens (including phenoxy) is 1. The third-order valence-corrected chi connectivity index (χ3v) is 6.23. The van der Waals surface area contributed by atoms with E-state index < -0.39 is 23.8 Å². The van der Waals surface area contributed by atoms with Crippen LogP contribution in [0.3, 0.4) is 0 Å². The summed E-state index contributed by atoms with van der Waals surface area (Å²) in [6.07, 6.45) is 2.62. The average molecular weight is 436 g/mol. The number of hydrogen-bond acceptors (Lipinski definition) is 5. The molecule has 2 N–H and O–H groups in total. The van der Waals surface area contributed by atoms with Gasteiger partial charge in [0, 0.05) is 16.0 Å². The molecule has 0 spiro atoms. The first-order chi connectivity index (χ1) is 13.9. The Labute approximate surface area is 177 Å². The van der Waals surface area contributed by atoms with E-state index in [4.69, 9.17) is 16.3 Å². The highest BCUT2D eigenvalue weighted by Crippen LogP contribution is 2.38. The predicted octanol–water partition coefficient (Wildman–Crippen LogP) is 5.07. The third-order valence-electron chi connectivity index (χ3n) is 5.08. The molecule has 6 nitrogen and oxygen atoms in total. The van der Waals surface area contributed by atoms with E-state index in [1.807, 2.05) is 0 Å². The lowest BCUT2D eigenvalue weighted by atomic mass is 9.79. The second-order valence-corrected chi connectivity index (χ2v) is 8.22. The van der Waals surface area contributed by atoms with Crippen molar-refractivity contribution in [3.05, 3.63) is 40.2 Å². The minimum atomic E-state index is -0.955. The Morgan fingerprint density at radius 3 is 2.45 bits per heavy atom. The summed E-state index contributed by atoms with van der Waals surface area (Å²) in [6.45, 7) is 1.91. The lowest BCUT2D eigenvalue weighted by Gasteiger charge is -2.27. The zero-order chi connectivity index (χ0) is 21.0. The lowest BCUT2D eigenvalue weighted by molar-refractivity contribution is -0.147. The number of carboxylic acids is 1. The third kappa shape index (κ3) is 4.79. The number of halogens is 1. The summed E-state index contributed by atoms with van der Waals surface area (Å²) in [4.78, 5) is 37.0. The van der Waals surface area contributed by atoms with Gasteiger partial charge in [0.05, 0.1) is 18.4 Å². The minimum Gasteiger partial charge on any atom is -0.481 e. The Morgan fingerprint density at radius 2 is 1.83 bits per heavy atom. The summed E-state index contributed by atoms with van der Waals surface area (Å²) in [5, 5.41) is 15.0. The Balaban J connectivity index is 1.92. The zero-order valence-corrected chi connectivity index (χ0v) is 17.5. The monoisotopic (exact) mass is 435 g/mol. The van der Waals surface area contributed by atoms with E-state index in [2.05, 4.69) is 5.32 Å². The second-order valence-electron chi connectivity index (χ2n) is 6.91. The van der Waals surface area contributed by atoms with Crippen molar-refractivity contribution in [2.75, 3.05) is 11.9 Å². The molecule has 0 saturated heterocycles. The summed E-state index contributed by atoms with van der Waals surface area (Å²) in [7, 11) is 0. The van der Waals surface area contributed by atoms with Crippen LogP contribution in [0.15, 0.2) is 29.6 Å². The number of hydrogen-bond donors (Lipinski definition) is 2. The molecule has 0 aliphatic heterocycles. The van der Waals surface area contributed by atoms with E-state index in [-0.39, 0.29) is 18.1 Å². The van der Waals surface area contributed by atoms with Gasteiger partial charge in [0.15, 0.2) is 0 Å². The van der Waals surface area contributed by atoms with Gasteiger partial charge in [0.2, 0.25) is 5.91 Å². The van der Waals surface area contributed by atoms with Gasteiger partial charge in [-0.25, -0.2) is 4.79 Å². The molecule has 0 bridgehead atoms. The van der Waals surface area contributed by atoms with Crippen LogP contribution in [0.1, 0.15) is 43.0 Å². The maximum atomic E-state index is 12.9.